The quantitative estimate of drug-likeness (QED) is 0.382. The fourth-order valence-corrected chi connectivity index (χ4v) is 1.93. The van der Waals surface area contributed by atoms with E-state index < -0.39 is 23.3 Å². The molecule has 1 aliphatic heterocycles. The fourth-order valence-electron chi connectivity index (χ4n) is 1.93. The summed E-state index contributed by atoms with van der Waals surface area (Å²) in [5.41, 5.74) is -1.25. The van der Waals surface area contributed by atoms with E-state index >= 15 is 0 Å². The van der Waals surface area contributed by atoms with E-state index in [9.17, 15) is 14.4 Å². The molecule has 0 aliphatic carbocycles. The van der Waals surface area contributed by atoms with Gasteiger partial charge >= 0.3 is 29.6 Å². The summed E-state index contributed by atoms with van der Waals surface area (Å²) in [5, 5.41) is 5.38. The van der Waals surface area contributed by atoms with Crippen LogP contribution in [-0.2, 0) is 9.59 Å². The van der Waals surface area contributed by atoms with Crippen molar-refractivity contribution in [3.63, 3.8) is 0 Å². The van der Waals surface area contributed by atoms with Crippen LogP contribution in [0.25, 0.3) is 5.32 Å². The largest absolute Gasteiger partial charge is 1.00 e. The Morgan fingerprint density at radius 2 is 2.00 bits per heavy atom. The molecule has 0 spiro atoms. The maximum absolute atomic E-state index is 11.8. The van der Waals surface area contributed by atoms with E-state index in [1.54, 1.807) is 0 Å². The van der Waals surface area contributed by atoms with E-state index in [0.29, 0.717) is 6.42 Å². The van der Waals surface area contributed by atoms with Gasteiger partial charge in [0.15, 0.2) is 17.8 Å². The second-order valence-corrected chi connectivity index (χ2v) is 4.35. The van der Waals surface area contributed by atoms with Crippen molar-refractivity contribution in [2.24, 2.45) is 11.3 Å². The van der Waals surface area contributed by atoms with Crippen molar-refractivity contribution in [3.8, 4) is 0 Å². The van der Waals surface area contributed by atoms with Gasteiger partial charge in [0, 0.05) is 0 Å². The summed E-state index contributed by atoms with van der Waals surface area (Å²) in [5.74, 6) is -1.07. The SMILES string of the molecule is C=CCC1(CC(C)C)C(=O)[N-]C(=O)NC1=O.[Na+]. The molecular formula is C11H15N2NaO3. The van der Waals surface area contributed by atoms with Crippen LogP contribution < -0.4 is 34.9 Å². The van der Waals surface area contributed by atoms with Crippen molar-refractivity contribution in [2.75, 3.05) is 0 Å². The van der Waals surface area contributed by atoms with Crippen LogP contribution in [0.2, 0.25) is 0 Å². The molecule has 0 bridgehead atoms. The van der Waals surface area contributed by atoms with Crippen LogP contribution in [0.1, 0.15) is 26.7 Å². The van der Waals surface area contributed by atoms with Gasteiger partial charge in [0.05, 0.1) is 5.41 Å². The standard InChI is InChI=1S/C11H16N2O3.Na/c1-4-5-11(6-7(2)3)8(14)12-10(16)13-9(11)15;/h4,7H,1,5-6H2,2-3H3,(H2,12,13,14,15,16);/q;+1/p-1. The molecule has 0 radical (unpaired) electrons. The first-order valence-electron chi connectivity index (χ1n) is 5.15. The van der Waals surface area contributed by atoms with E-state index in [2.05, 4.69) is 17.2 Å². The van der Waals surface area contributed by atoms with Gasteiger partial charge in [-0.15, -0.1) is 6.58 Å². The molecule has 1 atom stereocenters. The Kier molecular flexibility index (Phi) is 6.09. The zero-order chi connectivity index (χ0) is 12.3. The summed E-state index contributed by atoms with van der Waals surface area (Å²) in [4.78, 5) is 34.5. The third kappa shape index (κ3) is 3.40. The number of allylic oxidation sites excluding steroid dienone is 1. The van der Waals surface area contributed by atoms with Crippen molar-refractivity contribution < 1.29 is 43.9 Å². The average Bonchev–Trinajstić information content (AvgIpc) is 2.13. The molecule has 0 saturated carbocycles. The molecule has 4 amide bonds. The Morgan fingerprint density at radius 3 is 2.41 bits per heavy atom. The molecule has 6 heteroatoms. The molecule has 0 aromatic heterocycles. The first kappa shape index (κ1) is 16.4. The number of nitrogens with one attached hydrogen (secondary N) is 1. The van der Waals surface area contributed by atoms with E-state index in [4.69, 9.17) is 0 Å². The van der Waals surface area contributed by atoms with Crippen LogP contribution in [-0.4, -0.2) is 17.8 Å². The summed E-state index contributed by atoms with van der Waals surface area (Å²) in [7, 11) is 0. The molecule has 17 heavy (non-hydrogen) atoms. The molecule has 0 aromatic rings. The number of barbiturate groups is 1. The van der Waals surface area contributed by atoms with E-state index in [0.717, 1.165) is 0 Å². The zero-order valence-electron chi connectivity index (χ0n) is 10.4. The van der Waals surface area contributed by atoms with Gasteiger partial charge in [0.2, 0.25) is 0 Å². The number of amides is 4. The fraction of sp³-hybridized carbons (Fsp3) is 0.545. The van der Waals surface area contributed by atoms with Crippen molar-refractivity contribution in [2.45, 2.75) is 26.7 Å². The average molecular weight is 246 g/mol. The van der Waals surface area contributed by atoms with Crippen LogP contribution in [0.3, 0.4) is 0 Å². The van der Waals surface area contributed by atoms with Gasteiger partial charge in [-0.1, -0.05) is 19.9 Å². The summed E-state index contributed by atoms with van der Waals surface area (Å²) in [6.07, 6.45) is 2.07. The predicted molar refractivity (Wildman–Crippen MR) is 58.6 cm³/mol. The van der Waals surface area contributed by atoms with Crippen molar-refractivity contribution in [1.82, 2.24) is 5.32 Å². The maximum Gasteiger partial charge on any atom is 1.00 e. The van der Waals surface area contributed by atoms with E-state index in [1.165, 1.54) is 6.08 Å². The minimum absolute atomic E-state index is 0. The first-order chi connectivity index (χ1) is 7.42. The molecule has 1 heterocycles. The molecule has 1 unspecified atom stereocenters. The number of urea groups is 1. The van der Waals surface area contributed by atoms with E-state index in [1.807, 2.05) is 13.8 Å². The Bertz CT molecular complexity index is 333. The molecular weight excluding hydrogens is 231 g/mol. The van der Waals surface area contributed by atoms with Crippen LogP contribution in [0.5, 0.6) is 0 Å². The number of hydrogen-bond donors (Lipinski definition) is 1. The van der Waals surface area contributed by atoms with Gasteiger partial charge in [-0.2, -0.15) is 0 Å². The smallest absolute Gasteiger partial charge is 0.394 e. The minimum atomic E-state index is -1.25. The Hall–Kier alpha value is -0.650. The summed E-state index contributed by atoms with van der Waals surface area (Å²) in [6, 6.07) is -0.876. The zero-order valence-corrected chi connectivity index (χ0v) is 12.4. The van der Waals surface area contributed by atoms with Crippen LogP contribution in [0.4, 0.5) is 4.79 Å². The predicted octanol–water partition coefficient (Wildman–Crippen LogP) is -1.25. The second-order valence-electron chi connectivity index (χ2n) is 4.35. The van der Waals surface area contributed by atoms with Crippen LogP contribution >= 0.6 is 0 Å². The normalized spacial score (nSPS) is 23.8. The molecule has 1 N–H and O–H groups in total. The molecule has 5 nitrogen and oxygen atoms in total. The van der Waals surface area contributed by atoms with Gasteiger partial charge in [-0.25, -0.2) is 0 Å². The third-order valence-corrected chi connectivity index (χ3v) is 2.52. The number of carbonyl (C=O) groups excluding carboxylic acids is 3. The van der Waals surface area contributed by atoms with Gasteiger partial charge in [-0.05, 0) is 18.8 Å². The van der Waals surface area contributed by atoms with E-state index in [-0.39, 0.29) is 41.9 Å². The van der Waals surface area contributed by atoms with Gasteiger partial charge < -0.3 is 10.6 Å². The number of carbonyl (C=O) groups is 3. The minimum Gasteiger partial charge on any atom is -0.394 e. The molecule has 88 valence electrons. The second kappa shape index (κ2) is 6.33. The van der Waals surface area contributed by atoms with Crippen molar-refractivity contribution >= 4 is 17.8 Å². The number of imide groups is 2. The molecule has 0 aromatic carbocycles. The Balaban J connectivity index is 0.00000256. The topological polar surface area (TPSA) is 77.3 Å². The number of hydrogen-bond acceptors (Lipinski definition) is 3. The number of rotatable bonds is 4. The maximum atomic E-state index is 11.8. The first-order valence-corrected chi connectivity index (χ1v) is 5.15. The summed E-state index contributed by atoms with van der Waals surface area (Å²) >= 11 is 0. The van der Waals surface area contributed by atoms with Gasteiger partial charge in [0.25, 0.3) is 0 Å². The third-order valence-electron chi connectivity index (χ3n) is 2.52. The van der Waals surface area contributed by atoms with Crippen LogP contribution in [0, 0.1) is 11.3 Å². The Morgan fingerprint density at radius 1 is 1.41 bits per heavy atom. The molecule has 1 saturated heterocycles. The molecule has 1 rings (SSSR count). The summed E-state index contributed by atoms with van der Waals surface area (Å²) < 4.78 is 0. The van der Waals surface area contributed by atoms with Gasteiger partial charge in [-0.3, -0.25) is 14.4 Å². The molecule has 1 aliphatic rings. The summed E-state index contributed by atoms with van der Waals surface area (Å²) in [6.45, 7) is 7.35. The van der Waals surface area contributed by atoms with Gasteiger partial charge in [0.1, 0.15) is 0 Å². The molecule has 1 fully saturated rings. The Labute approximate surface area is 123 Å². The van der Waals surface area contributed by atoms with Crippen molar-refractivity contribution in [1.29, 1.82) is 0 Å². The van der Waals surface area contributed by atoms with Crippen molar-refractivity contribution in [3.05, 3.63) is 18.0 Å². The van der Waals surface area contributed by atoms with Crippen LogP contribution in [0.15, 0.2) is 12.7 Å². The number of nitrogens with zero attached hydrogens (tertiary/aromatic N) is 1. The monoisotopic (exact) mass is 246 g/mol.